The third kappa shape index (κ3) is 3.85. The SMILES string of the molecule is C[C@@H]1CC(n2cc(Nc3nc(C4CCCCC4)cn4ncnc34)cn2)C[C@H](C)N1. The van der Waals surface area contributed by atoms with Crippen molar-refractivity contribution in [3.63, 3.8) is 0 Å². The van der Waals surface area contributed by atoms with Crippen LogP contribution in [0.1, 0.15) is 76.4 Å². The summed E-state index contributed by atoms with van der Waals surface area (Å²) >= 11 is 0. The summed E-state index contributed by atoms with van der Waals surface area (Å²) in [5.74, 6) is 1.27. The summed E-state index contributed by atoms with van der Waals surface area (Å²) < 4.78 is 3.95. The molecule has 1 aliphatic heterocycles. The van der Waals surface area contributed by atoms with Gasteiger partial charge in [0.25, 0.3) is 0 Å². The zero-order chi connectivity index (χ0) is 19.8. The van der Waals surface area contributed by atoms with E-state index in [2.05, 4.69) is 50.5 Å². The minimum atomic E-state index is 0.423. The van der Waals surface area contributed by atoms with Gasteiger partial charge in [-0.25, -0.2) is 14.5 Å². The van der Waals surface area contributed by atoms with Crippen molar-refractivity contribution in [3.05, 3.63) is 30.6 Å². The van der Waals surface area contributed by atoms with Crippen LogP contribution in [0.4, 0.5) is 11.5 Å². The van der Waals surface area contributed by atoms with Crippen LogP contribution in [-0.4, -0.2) is 41.4 Å². The van der Waals surface area contributed by atoms with Crippen molar-refractivity contribution in [1.82, 2.24) is 34.7 Å². The number of hydrogen-bond donors (Lipinski definition) is 2. The number of anilines is 2. The molecule has 8 nitrogen and oxygen atoms in total. The second-order valence-corrected chi connectivity index (χ2v) is 8.81. The van der Waals surface area contributed by atoms with Crippen molar-refractivity contribution in [2.75, 3.05) is 5.32 Å². The molecule has 0 aromatic carbocycles. The molecule has 1 saturated carbocycles. The third-order valence-electron chi connectivity index (χ3n) is 6.36. The molecule has 0 spiro atoms. The molecule has 0 radical (unpaired) electrons. The summed E-state index contributed by atoms with van der Waals surface area (Å²) in [6.45, 7) is 4.49. The highest BCUT2D eigenvalue weighted by molar-refractivity contribution is 5.68. The molecule has 0 bridgehead atoms. The molecule has 2 aliphatic rings. The highest BCUT2D eigenvalue weighted by Crippen LogP contribution is 2.33. The maximum atomic E-state index is 4.96. The van der Waals surface area contributed by atoms with Crippen LogP contribution >= 0.6 is 0 Å². The number of nitrogens with zero attached hydrogens (tertiary/aromatic N) is 6. The fourth-order valence-electron chi connectivity index (χ4n) is 5.02. The molecule has 3 aromatic heterocycles. The summed E-state index contributed by atoms with van der Waals surface area (Å²) in [6, 6.07) is 1.44. The first-order chi connectivity index (χ1) is 14.2. The molecule has 3 aromatic rings. The summed E-state index contributed by atoms with van der Waals surface area (Å²) in [7, 11) is 0. The first-order valence-electron chi connectivity index (χ1n) is 10.9. The second-order valence-electron chi connectivity index (χ2n) is 8.81. The van der Waals surface area contributed by atoms with Crippen molar-refractivity contribution in [2.24, 2.45) is 0 Å². The van der Waals surface area contributed by atoms with E-state index in [-0.39, 0.29) is 0 Å². The Kier molecular flexibility index (Phi) is 4.95. The van der Waals surface area contributed by atoms with Gasteiger partial charge in [-0.05, 0) is 39.5 Å². The molecule has 1 aliphatic carbocycles. The predicted molar refractivity (Wildman–Crippen MR) is 112 cm³/mol. The second kappa shape index (κ2) is 7.74. The van der Waals surface area contributed by atoms with E-state index in [0.29, 0.717) is 24.0 Å². The average molecular weight is 395 g/mol. The van der Waals surface area contributed by atoms with Crippen LogP contribution in [0.25, 0.3) is 5.65 Å². The van der Waals surface area contributed by atoms with E-state index in [1.54, 1.807) is 6.33 Å². The number of aromatic nitrogens is 6. The Morgan fingerprint density at radius 1 is 1.03 bits per heavy atom. The maximum Gasteiger partial charge on any atom is 0.198 e. The zero-order valence-corrected chi connectivity index (χ0v) is 17.3. The van der Waals surface area contributed by atoms with E-state index in [4.69, 9.17) is 4.98 Å². The van der Waals surface area contributed by atoms with Crippen LogP contribution in [0.15, 0.2) is 24.9 Å². The van der Waals surface area contributed by atoms with Crippen molar-refractivity contribution in [3.8, 4) is 0 Å². The first-order valence-corrected chi connectivity index (χ1v) is 10.9. The van der Waals surface area contributed by atoms with Gasteiger partial charge in [-0.2, -0.15) is 10.2 Å². The van der Waals surface area contributed by atoms with Crippen LogP contribution in [0.3, 0.4) is 0 Å². The van der Waals surface area contributed by atoms with Crippen molar-refractivity contribution in [1.29, 1.82) is 0 Å². The number of fused-ring (bicyclic) bond motifs is 1. The summed E-state index contributed by atoms with van der Waals surface area (Å²) in [5.41, 5.74) is 2.81. The van der Waals surface area contributed by atoms with Crippen LogP contribution in [-0.2, 0) is 0 Å². The Balaban J connectivity index is 1.40. The topological polar surface area (TPSA) is 85.0 Å². The third-order valence-corrected chi connectivity index (χ3v) is 6.36. The van der Waals surface area contributed by atoms with Crippen LogP contribution < -0.4 is 10.6 Å². The van der Waals surface area contributed by atoms with Crippen molar-refractivity contribution in [2.45, 2.75) is 82.8 Å². The van der Waals surface area contributed by atoms with Gasteiger partial charge < -0.3 is 10.6 Å². The van der Waals surface area contributed by atoms with Gasteiger partial charge in [0.05, 0.1) is 29.8 Å². The van der Waals surface area contributed by atoms with Crippen LogP contribution in [0, 0.1) is 0 Å². The van der Waals surface area contributed by atoms with Gasteiger partial charge in [0.2, 0.25) is 0 Å². The summed E-state index contributed by atoms with van der Waals surface area (Å²) in [4.78, 5) is 9.37. The number of rotatable bonds is 4. The molecular formula is C21H30N8. The van der Waals surface area contributed by atoms with Gasteiger partial charge in [0.1, 0.15) is 6.33 Å². The Bertz CT molecular complexity index is 960. The molecule has 1 unspecified atom stereocenters. The van der Waals surface area contributed by atoms with Crippen molar-refractivity contribution >= 4 is 17.2 Å². The summed E-state index contributed by atoms with van der Waals surface area (Å²) in [6.07, 6.45) is 16.1. The molecular weight excluding hydrogens is 364 g/mol. The molecule has 5 rings (SSSR count). The van der Waals surface area contributed by atoms with Crippen LogP contribution in [0.5, 0.6) is 0 Å². The highest BCUT2D eigenvalue weighted by atomic mass is 15.3. The van der Waals surface area contributed by atoms with E-state index in [0.717, 1.165) is 35.7 Å². The highest BCUT2D eigenvalue weighted by Gasteiger charge is 2.25. The molecule has 2 fully saturated rings. The van der Waals surface area contributed by atoms with E-state index in [1.807, 2.05) is 16.9 Å². The zero-order valence-electron chi connectivity index (χ0n) is 17.3. The van der Waals surface area contributed by atoms with Gasteiger partial charge in [0.15, 0.2) is 11.5 Å². The lowest BCUT2D eigenvalue weighted by Gasteiger charge is -2.32. The molecule has 29 heavy (non-hydrogen) atoms. The normalized spacial score (nSPS) is 26.1. The Morgan fingerprint density at radius 2 is 1.83 bits per heavy atom. The molecule has 1 saturated heterocycles. The fourth-order valence-corrected chi connectivity index (χ4v) is 5.02. The quantitative estimate of drug-likeness (QED) is 0.700. The number of hydrogen-bond acceptors (Lipinski definition) is 6. The standard InChI is InChI=1S/C21H30N8/c1-14-8-18(9-15(2)25-14)28-11-17(10-23-28)26-20-21-22-13-24-29(21)12-19(27-20)16-6-4-3-5-7-16/h10-16,18,25H,3-9H2,1-2H3,(H,26,27)/t14-,15+,18?. The minimum Gasteiger partial charge on any atom is -0.334 e. The van der Waals surface area contributed by atoms with Gasteiger partial charge in [-0.1, -0.05) is 19.3 Å². The smallest absolute Gasteiger partial charge is 0.198 e. The van der Waals surface area contributed by atoms with Gasteiger partial charge in [-0.15, -0.1) is 0 Å². The lowest BCUT2D eigenvalue weighted by Crippen LogP contribution is -2.43. The average Bonchev–Trinajstić information content (AvgIpc) is 3.37. The molecule has 4 heterocycles. The maximum absolute atomic E-state index is 4.96. The Morgan fingerprint density at radius 3 is 2.62 bits per heavy atom. The Hall–Kier alpha value is -2.48. The molecule has 8 heteroatoms. The first kappa shape index (κ1) is 18.5. The molecule has 0 amide bonds. The van der Waals surface area contributed by atoms with E-state index < -0.39 is 0 Å². The van der Waals surface area contributed by atoms with Crippen LogP contribution in [0.2, 0.25) is 0 Å². The monoisotopic (exact) mass is 394 g/mol. The lowest BCUT2D eigenvalue weighted by atomic mass is 9.87. The number of piperidine rings is 1. The fraction of sp³-hybridized carbons (Fsp3) is 0.619. The summed E-state index contributed by atoms with van der Waals surface area (Å²) in [5, 5.41) is 16.1. The molecule has 154 valence electrons. The van der Waals surface area contributed by atoms with Gasteiger partial charge >= 0.3 is 0 Å². The Labute approximate surface area is 171 Å². The molecule has 2 N–H and O–H groups in total. The predicted octanol–water partition coefficient (Wildman–Crippen LogP) is 3.81. The van der Waals surface area contributed by atoms with E-state index in [1.165, 1.54) is 32.1 Å². The van der Waals surface area contributed by atoms with Gasteiger partial charge in [0, 0.05) is 24.2 Å². The van der Waals surface area contributed by atoms with Crippen molar-refractivity contribution < 1.29 is 0 Å². The molecule has 3 atom stereocenters. The van der Waals surface area contributed by atoms with E-state index in [9.17, 15) is 0 Å². The number of nitrogens with one attached hydrogen (secondary N) is 2. The van der Waals surface area contributed by atoms with E-state index >= 15 is 0 Å². The minimum absolute atomic E-state index is 0.423. The largest absolute Gasteiger partial charge is 0.334 e. The van der Waals surface area contributed by atoms with Gasteiger partial charge in [-0.3, -0.25) is 4.68 Å². The lowest BCUT2D eigenvalue weighted by molar-refractivity contribution is 0.250.